The summed E-state index contributed by atoms with van der Waals surface area (Å²) in [6.45, 7) is 7.96. The minimum Gasteiger partial charge on any atom is -0.489 e. The van der Waals surface area contributed by atoms with Crippen molar-refractivity contribution in [1.29, 1.82) is 5.26 Å². The second-order valence-corrected chi connectivity index (χ2v) is 7.49. The molecule has 1 N–H and O–H groups in total. The van der Waals surface area contributed by atoms with Gasteiger partial charge in [-0.3, -0.25) is 4.79 Å². The number of allylic oxidation sites excluding steroid dienone is 1. The molecule has 5 heteroatoms. The lowest BCUT2D eigenvalue weighted by Crippen LogP contribution is -2.30. The molecule has 0 saturated heterocycles. The second kappa shape index (κ2) is 10.5. The van der Waals surface area contributed by atoms with Crippen LogP contribution in [0.3, 0.4) is 0 Å². The quantitative estimate of drug-likeness (QED) is 0.350. The van der Waals surface area contributed by atoms with E-state index < -0.39 is 0 Å². The van der Waals surface area contributed by atoms with Gasteiger partial charge < -0.3 is 10.1 Å². The first-order chi connectivity index (χ1) is 13.4. The molecule has 0 spiro atoms. The highest BCUT2D eigenvalue weighted by atomic mass is 79.9. The van der Waals surface area contributed by atoms with E-state index in [0.717, 1.165) is 26.9 Å². The number of ether oxygens (including phenoxy) is 1. The lowest BCUT2D eigenvalue weighted by Gasteiger charge is -2.12. The number of hydrogen-bond acceptors (Lipinski definition) is 3. The van der Waals surface area contributed by atoms with Crippen molar-refractivity contribution in [1.82, 2.24) is 5.32 Å². The maximum atomic E-state index is 12.1. The standard InChI is InChI=1S/C23H23BrN2O2/c1-4-5-19-12-18(13-20(14-25)23(27)26-16(2)3)8-11-22(19)28-15-17-6-9-21(24)10-7-17/h4,6-13,16H,1,5,15H2,2-3H3,(H,26,27)/b20-13-. The molecule has 28 heavy (non-hydrogen) atoms. The minimum absolute atomic E-state index is 0.0324. The Morgan fingerprint density at radius 2 is 2.00 bits per heavy atom. The van der Waals surface area contributed by atoms with E-state index in [9.17, 15) is 10.1 Å². The van der Waals surface area contributed by atoms with Crippen molar-refractivity contribution in [2.75, 3.05) is 0 Å². The van der Waals surface area contributed by atoms with Crippen LogP contribution in [0.4, 0.5) is 0 Å². The second-order valence-electron chi connectivity index (χ2n) is 6.57. The summed E-state index contributed by atoms with van der Waals surface area (Å²) in [7, 11) is 0. The highest BCUT2D eigenvalue weighted by molar-refractivity contribution is 9.10. The average molecular weight is 439 g/mol. The van der Waals surface area contributed by atoms with Gasteiger partial charge in [0.15, 0.2) is 0 Å². The van der Waals surface area contributed by atoms with Gasteiger partial charge in [0.05, 0.1) is 0 Å². The minimum atomic E-state index is -0.377. The summed E-state index contributed by atoms with van der Waals surface area (Å²) < 4.78 is 7.00. The van der Waals surface area contributed by atoms with E-state index in [2.05, 4.69) is 27.8 Å². The first-order valence-corrected chi connectivity index (χ1v) is 9.76. The predicted octanol–water partition coefficient (Wildman–Crippen LogP) is 5.19. The summed E-state index contributed by atoms with van der Waals surface area (Å²) in [5.41, 5.74) is 2.85. The maximum Gasteiger partial charge on any atom is 0.262 e. The van der Waals surface area contributed by atoms with E-state index in [1.54, 1.807) is 12.2 Å². The van der Waals surface area contributed by atoms with Crippen LogP contribution < -0.4 is 10.1 Å². The molecule has 0 heterocycles. The molecule has 1 amide bonds. The maximum absolute atomic E-state index is 12.1. The predicted molar refractivity (Wildman–Crippen MR) is 116 cm³/mol. The Balaban J connectivity index is 2.22. The number of amides is 1. The van der Waals surface area contributed by atoms with Crippen LogP contribution in [-0.4, -0.2) is 11.9 Å². The zero-order chi connectivity index (χ0) is 20.5. The number of halogens is 1. The molecule has 0 radical (unpaired) electrons. The van der Waals surface area contributed by atoms with Gasteiger partial charge in [-0.1, -0.05) is 40.2 Å². The van der Waals surface area contributed by atoms with Gasteiger partial charge in [0.1, 0.15) is 24.0 Å². The van der Waals surface area contributed by atoms with Crippen LogP contribution in [0.15, 0.2) is 65.2 Å². The van der Waals surface area contributed by atoms with E-state index in [-0.39, 0.29) is 17.5 Å². The molecule has 0 bridgehead atoms. The largest absolute Gasteiger partial charge is 0.489 e. The lowest BCUT2D eigenvalue weighted by molar-refractivity contribution is -0.117. The number of hydrogen-bond donors (Lipinski definition) is 1. The molecule has 0 saturated carbocycles. The van der Waals surface area contributed by atoms with Crippen molar-refractivity contribution in [3.8, 4) is 11.8 Å². The monoisotopic (exact) mass is 438 g/mol. The molecule has 0 aliphatic rings. The molecule has 2 aromatic carbocycles. The van der Waals surface area contributed by atoms with E-state index in [4.69, 9.17) is 4.74 Å². The number of carbonyl (C=O) groups is 1. The first-order valence-electron chi connectivity index (χ1n) is 8.96. The van der Waals surface area contributed by atoms with Gasteiger partial charge in [0.2, 0.25) is 0 Å². The molecular weight excluding hydrogens is 416 g/mol. The number of nitriles is 1. The molecule has 2 rings (SSSR count). The summed E-state index contributed by atoms with van der Waals surface area (Å²) in [6.07, 6.45) is 4.01. The van der Waals surface area contributed by atoms with Gasteiger partial charge in [0, 0.05) is 10.5 Å². The summed E-state index contributed by atoms with van der Waals surface area (Å²) >= 11 is 3.42. The molecule has 0 aliphatic carbocycles. The van der Waals surface area contributed by atoms with Crippen molar-refractivity contribution in [3.63, 3.8) is 0 Å². The summed E-state index contributed by atoms with van der Waals surface area (Å²) in [5, 5.41) is 12.0. The third-order valence-electron chi connectivity index (χ3n) is 3.85. The number of nitrogens with one attached hydrogen (secondary N) is 1. The van der Waals surface area contributed by atoms with Gasteiger partial charge in [-0.05, 0) is 67.3 Å². The average Bonchev–Trinajstić information content (AvgIpc) is 2.66. The van der Waals surface area contributed by atoms with E-state index in [1.807, 2.05) is 62.4 Å². The molecule has 4 nitrogen and oxygen atoms in total. The molecule has 0 fully saturated rings. The van der Waals surface area contributed by atoms with Crippen LogP contribution >= 0.6 is 15.9 Å². The van der Waals surface area contributed by atoms with Crippen molar-refractivity contribution in [2.45, 2.75) is 32.9 Å². The smallest absolute Gasteiger partial charge is 0.262 e. The van der Waals surface area contributed by atoms with Crippen LogP contribution in [0.1, 0.15) is 30.5 Å². The van der Waals surface area contributed by atoms with Crippen molar-refractivity contribution >= 4 is 27.9 Å². The van der Waals surface area contributed by atoms with Gasteiger partial charge in [-0.25, -0.2) is 0 Å². The SMILES string of the molecule is C=CCc1cc(/C=C(/C#N)C(=O)NC(C)C)ccc1OCc1ccc(Br)cc1. The van der Waals surface area contributed by atoms with Gasteiger partial charge in [-0.15, -0.1) is 6.58 Å². The number of carbonyl (C=O) groups excluding carboxylic acids is 1. The third-order valence-corrected chi connectivity index (χ3v) is 4.38. The Morgan fingerprint density at radius 3 is 2.61 bits per heavy atom. The van der Waals surface area contributed by atoms with Crippen LogP contribution in [-0.2, 0) is 17.8 Å². The van der Waals surface area contributed by atoms with Gasteiger partial charge >= 0.3 is 0 Å². The Kier molecular flexibility index (Phi) is 8.03. The van der Waals surface area contributed by atoms with Gasteiger partial charge in [-0.2, -0.15) is 5.26 Å². The molecule has 0 atom stereocenters. The Morgan fingerprint density at radius 1 is 1.29 bits per heavy atom. The van der Waals surface area contributed by atoms with E-state index in [0.29, 0.717) is 13.0 Å². The number of benzene rings is 2. The molecule has 0 unspecified atom stereocenters. The zero-order valence-corrected chi connectivity index (χ0v) is 17.6. The van der Waals surface area contributed by atoms with Crippen molar-refractivity contribution < 1.29 is 9.53 Å². The molecule has 2 aromatic rings. The fourth-order valence-electron chi connectivity index (χ4n) is 2.54. The summed E-state index contributed by atoms with van der Waals surface area (Å²) in [6, 6.07) is 15.5. The number of rotatable bonds is 8. The Labute approximate surface area is 174 Å². The van der Waals surface area contributed by atoms with Crippen LogP contribution in [0, 0.1) is 11.3 Å². The first kappa shape index (κ1) is 21.5. The Hall–Kier alpha value is -2.84. The highest BCUT2D eigenvalue weighted by Gasteiger charge is 2.11. The fourth-order valence-corrected chi connectivity index (χ4v) is 2.81. The van der Waals surface area contributed by atoms with E-state index >= 15 is 0 Å². The zero-order valence-electron chi connectivity index (χ0n) is 16.0. The van der Waals surface area contributed by atoms with Crippen LogP contribution in [0.25, 0.3) is 6.08 Å². The fraction of sp³-hybridized carbons (Fsp3) is 0.217. The molecular formula is C23H23BrN2O2. The molecule has 0 aliphatic heterocycles. The number of nitrogens with zero attached hydrogens (tertiary/aromatic N) is 1. The normalized spacial score (nSPS) is 11.0. The highest BCUT2D eigenvalue weighted by Crippen LogP contribution is 2.24. The molecule has 0 aromatic heterocycles. The van der Waals surface area contributed by atoms with Crippen molar-refractivity contribution in [2.24, 2.45) is 0 Å². The summed E-state index contributed by atoms with van der Waals surface area (Å²) in [4.78, 5) is 12.1. The van der Waals surface area contributed by atoms with Crippen LogP contribution in [0.5, 0.6) is 5.75 Å². The third kappa shape index (κ3) is 6.40. The topological polar surface area (TPSA) is 62.1 Å². The Bertz CT molecular complexity index is 909. The summed E-state index contributed by atoms with van der Waals surface area (Å²) in [5.74, 6) is 0.378. The van der Waals surface area contributed by atoms with Crippen LogP contribution in [0.2, 0.25) is 0 Å². The van der Waals surface area contributed by atoms with Gasteiger partial charge in [0.25, 0.3) is 5.91 Å². The van der Waals surface area contributed by atoms with E-state index in [1.165, 1.54) is 0 Å². The molecule has 144 valence electrons. The lowest BCUT2D eigenvalue weighted by atomic mass is 10.0. The van der Waals surface area contributed by atoms with Crippen molar-refractivity contribution in [3.05, 3.63) is 81.9 Å².